The first-order chi connectivity index (χ1) is 12.8. The Bertz CT molecular complexity index is 1230. The molecule has 27 heavy (non-hydrogen) atoms. The molecule has 0 N–H and O–H groups in total. The summed E-state index contributed by atoms with van der Waals surface area (Å²) in [6, 6.07) is 3.56. The molecule has 0 fully saturated rings. The van der Waals surface area contributed by atoms with Crippen LogP contribution in [-0.2, 0) is 6.54 Å². The van der Waals surface area contributed by atoms with Crippen molar-refractivity contribution in [1.82, 2.24) is 24.1 Å². The summed E-state index contributed by atoms with van der Waals surface area (Å²) in [6.07, 6.45) is -1.25. The topological polar surface area (TPSA) is 71.8 Å². The molecule has 0 aromatic carbocycles. The number of halogens is 5. The number of hydrogen-bond donors (Lipinski definition) is 0. The van der Waals surface area contributed by atoms with Gasteiger partial charge in [-0.05, 0) is 0 Å². The van der Waals surface area contributed by atoms with E-state index >= 15 is 0 Å². The number of alkyl halides is 3. The first kappa shape index (κ1) is 16.9. The lowest BCUT2D eigenvalue weighted by molar-refractivity contribution is -0.141. The van der Waals surface area contributed by atoms with E-state index in [1.54, 1.807) is 6.07 Å². The molecule has 0 saturated carbocycles. The minimum atomic E-state index is -4.57. The van der Waals surface area contributed by atoms with Crippen LogP contribution in [0.3, 0.4) is 0 Å². The lowest BCUT2D eigenvalue weighted by Gasteiger charge is -2.07. The maximum atomic E-state index is 13.9. The molecule has 0 atom stereocenters. The summed E-state index contributed by atoms with van der Waals surface area (Å²) in [5, 5.41) is 13.1. The molecule has 0 unspecified atom stereocenters. The average Bonchev–Trinajstić information content (AvgIpc) is 3.15. The van der Waals surface area contributed by atoms with Crippen LogP contribution in [-0.4, -0.2) is 30.3 Å². The number of imidazole rings is 1. The van der Waals surface area contributed by atoms with Gasteiger partial charge in [0.25, 0.3) is 0 Å². The number of nitriles is 1. The third-order valence-corrected chi connectivity index (χ3v) is 3.85. The Labute approximate surface area is 147 Å². The Balaban J connectivity index is 2.02. The van der Waals surface area contributed by atoms with Gasteiger partial charge in [0.15, 0.2) is 11.5 Å². The number of fused-ring (bicyclic) bond motifs is 2. The average molecular weight is 378 g/mol. The van der Waals surface area contributed by atoms with Crippen molar-refractivity contribution in [3.8, 4) is 17.5 Å². The molecule has 0 radical (unpaired) electrons. The molecule has 4 heterocycles. The van der Waals surface area contributed by atoms with E-state index in [2.05, 4.69) is 15.1 Å². The molecule has 6 nitrogen and oxygen atoms in total. The van der Waals surface area contributed by atoms with Gasteiger partial charge in [-0.2, -0.15) is 23.5 Å². The van der Waals surface area contributed by atoms with E-state index in [9.17, 15) is 22.0 Å². The minimum absolute atomic E-state index is 0.00346. The molecular weight excluding hydrogens is 371 g/mol. The van der Waals surface area contributed by atoms with Gasteiger partial charge in [0.2, 0.25) is 0 Å². The highest BCUT2D eigenvalue weighted by Crippen LogP contribution is 2.31. The Morgan fingerprint density at radius 1 is 1.11 bits per heavy atom. The lowest BCUT2D eigenvalue weighted by atomic mass is 10.2. The van der Waals surface area contributed by atoms with Gasteiger partial charge in [0.1, 0.15) is 29.8 Å². The van der Waals surface area contributed by atoms with Crippen molar-refractivity contribution in [1.29, 1.82) is 5.26 Å². The third-order valence-electron chi connectivity index (χ3n) is 3.85. The number of rotatable bonds is 2. The Morgan fingerprint density at radius 3 is 2.59 bits per heavy atom. The lowest BCUT2D eigenvalue weighted by Crippen LogP contribution is -2.18. The molecule has 11 heteroatoms. The Hall–Kier alpha value is -3.55. The van der Waals surface area contributed by atoms with Gasteiger partial charge < -0.3 is 0 Å². The zero-order valence-electron chi connectivity index (χ0n) is 13.2. The molecule has 0 spiro atoms. The zero-order chi connectivity index (χ0) is 19.3. The van der Waals surface area contributed by atoms with Crippen molar-refractivity contribution in [2.75, 3.05) is 0 Å². The summed E-state index contributed by atoms with van der Waals surface area (Å²) in [5.74, 6) is -1.81. The number of pyridine rings is 2. The highest BCUT2D eigenvalue weighted by molar-refractivity contribution is 5.92. The molecule has 0 amide bonds. The number of nitrogens with zero attached hydrogens (tertiary/aromatic N) is 6. The Kier molecular flexibility index (Phi) is 3.59. The number of hydrogen-bond acceptors (Lipinski definition) is 4. The van der Waals surface area contributed by atoms with Crippen LogP contribution < -0.4 is 0 Å². The molecule has 0 aliphatic rings. The molecular formula is C16H7F5N6. The normalized spacial score (nSPS) is 12.0. The van der Waals surface area contributed by atoms with Crippen molar-refractivity contribution in [2.24, 2.45) is 0 Å². The quantitative estimate of drug-likeness (QED) is 0.501. The van der Waals surface area contributed by atoms with E-state index in [1.165, 1.54) is 18.5 Å². The van der Waals surface area contributed by atoms with Crippen LogP contribution in [0.5, 0.6) is 0 Å². The van der Waals surface area contributed by atoms with Crippen LogP contribution in [0.15, 0.2) is 30.7 Å². The van der Waals surface area contributed by atoms with Crippen LogP contribution in [0.25, 0.3) is 27.9 Å². The largest absolute Gasteiger partial charge is 0.408 e. The smallest absolute Gasteiger partial charge is 0.293 e. The van der Waals surface area contributed by atoms with Crippen molar-refractivity contribution in [3.05, 3.63) is 48.1 Å². The van der Waals surface area contributed by atoms with Gasteiger partial charge in [-0.3, -0.25) is 9.08 Å². The summed E-state index contributed by atoms with van der Waals surface area (Å²) >= 11 is 0. The van der Waals surface area contributed by atoms with Crippen LogP contribution in [0.1, 0.15) is 5.69 Å². The van der Waals surface area contributed by atoms with Crippen LogP contribution in [0.2, 0.25) is 0 Å². The summed E-state index contributed by atoms with van der Waals surface area (Å²) < 4.78 is 67.9. The van der Waals surface area contributed by atoms with Crippen LogP contribution in [0, 0.1) is 23.0 Å². The fourth-order valence-electron chi connectivity index (χ4n) is 2.80. The van der Waals surface area contributed by atoms with E-state index in [0.29, 0.717) is 10.7 Å². The first-order valence-corrected chi connectivity index (χ1v) is 7.43. The van der Waals surface area contributed by atoms with Crippen molar-refractivity contribution >= 4 is 16.6 Å². The highest BCUT2D eigenvalue weighted by Gasteiger charge is 2.30. The van der Waals surface area contributed by atoms with E-state index in [1.807, 2.05) is 0 Å². The van der Waals surface area contributed by atoms with E-state index in [-0.39, 0.29) is 33.6 Å². The molecule has 0 aliphatic heterocycles. The zero-order valence-corrected chi connectivity index (χ0v) is 13.2. The highest BCUT2D eigenvalue weighted by atomic mass is 19.4. The van der Waals surface area contributed by atoms with Gasteiger partial charge in [0, 0.05) is 29.9 Å². The van der Waals surface area contributed by atoms with Crippen LogP contribution in [0.4, 0.5) is 22.0 Å². The molecule has 0 saturated heterocycles. The maximum Gasteiger partial charge on any atom is 0.408 e. The summed E-state index contributed by atoms with van der Waals surface area (Å²) in [7, 11) is 0. The molecule has 4 aromatic heterocycles. The van der Waals surface area contributed by atoms with Crippen molar-refractivity contribution < 1.29 is 22.0 Å². The molecule has 0 aliphatic carbocycles. The molecule has 136 valence electrons. The molecule has 4 rings (SSSR count). The van der Waals surface area contributed by atoms with E-state index in [0.717, 1.165) is 10.6 Å². The second-order valence-electron chi connectivity index (χ2n) is 5.66. The second-order valence-corrected chi connectivity index (χ2v) is 5.66. The summed E-state index contributed by atoms with van der Waals surface area (Å²) in [6.45, 7) is -1.40. The predicted octanol–water partition coefficient (Wildman–Crippen LogP) is 3.46. The minimum Gasteiger partial charge on any atom is -0.293 e. The van der Waals surface area contributed by atoms with Crippen molar-refractivity contribution in [2.45, 2.75) is 12.7 Å². The maximum absolute atomic E-state index is 13.9. The summed E-state index contributed by atoms with van der Waals surface area (Å²) in [4.78, 5) is 7.68. The second kappa shape index (κ2) is 5.73. The van der Waals surface area contributed by atoms with E-state index in [4.69, 9.17) is 5.26 Å². The fraction of sp³-hybridized carbons (Fsp3) is 0.125. The number of aromatic nitrogens is 5. The Morgan fingerprint density at radius 2 is 1.89 bits per heavy atom. The SMILES string of the molecule is N#Cc1cc2c(cn1)c(-c1cnc3c(F)cc(F)cn13)nn2CC(F)(F)F. The van der Waals surface area contributed by atoms with Gasteiger partial charge in [0.05, 0.1) is 17.4 Å². The van der Waals surface area contributed by atoms with Gasteiger partial charge in [-0.1, -0.05) is 0 Å². The monoisotopic (exact) mass is 378 g/mol. The fourth-order valence-corrected chi connectivity index (χ4v) is 2.80. The first-order valence-electron chi connectivity index (χ1n) is 7.43. The van der Waals surface area contributed by atoms with Gasteiger partial charge in [-0.15, -0.1) is 0 Å². The van der Waals surface area contributed by atoms with Gasteiger partial charge >= 0.3 is 6.18 Å². The summed E-state index contributed by atoms with van der Waals surface area (Å²) in [5.41, 5.74) is -0.190. The predicted molar refractivity (Wildman–Crippen MR) is 82.4 cm³/mol. The van der Waals surface area contributed by atoms with Crippen molar-refractivity contribution in [3.63, 3.8) is 0 Å². The third kappa shape index (κ3) is 2.84. The molecule has 4 aromatic rings. The molecule has 0 bridgehead atoms. The standard InChI is InChI=1S/C16H7F5N6/c17-8-1-11(18)15-24-5-13(26(15)6-8)14-10-4-23-9(3-22)2-12(10)27(25-14)7-16(19,20)21/h1-2,4-6H,7H2. The van der Waals surface area contributed by atoms with Gasteiger partial charge in [-0.25, -0.2) is 18.7 Å². The van der Waals surface area contributed by atoms with E-state index < -0.39 is 24.4 Å². The van der Waals surface area contributed by atoms with Crippen LogP contribution >= 0.6 is 0 Å².